The van der Waals surface area contributed by atoms with Crippen LogP contribution in [0.2, 0.25) is 0 Å². The van der Waals surface area contributed by atoms with Crippen molar-refractivity contribution < 1.29 is 19.4 Å². The van der Waals surface area contributed by atoms with Gasteiger partial charge in [0.1, 0.15) is 5.75 Å². The van der Waals surface area contributed by atoms with Crippen LogP contribution in [0.5, 0.6) is 5.75 Å². The first kappa shape index (κ1) is 20.2. The molecule has 0 atom stereocenters. The van der Waals surface area contributed by atoms with E-state index in [4.69, 9.17) is 4.74 Å². The van der Waals surface area contributed by atoms with Crippen LogP contribution in [0.1, 0.15) is 23.5 Å². The molecule has 0 fully saturated rings. The van der Waals surface area contributed by atoms with Gasteiger partial charge in [-0.05, 0) is 32.0 Å². The number of benzene rings is 1. The van der Waals surface area contributed by atoms with E-state index in [0.717, 1.165) is 10.4 Å². The molecule has 1 aliphatic rings. The van der Waals surface area contributed by atoms with Gasteiger partial charge in [0.05, 0.1) is 39.9 Å². The van der Waals surface area contributed by atoms with Crippen LogP contribution in [0.25, 0.3) is 21.5 Å². The van der Waals surface area contributed by atoms with E-state index in [1.807, 2.05) is 6.07 Å². The van der Waals surface area contributed by atoms with Gasteiger partial charge in [0, 0.05) is 22.7 Å². The fourth-order valence-electron chi connectivity index (χ4n) is 3.50. The minimum Gasteiger partial charge on any atom is -0.482 e. The molecule has 0 spiro atoms. The van der Waals surface area contributed by atoms with Gasteiger partial charge in [0.25, 0.3) is 11.8 Å². The van der Waals surface area contributed by atoms with E-state index in [2.05, 4.69) is 25.8 Å². The van der Waals surface area contributed by atoms with Crippen LogP contribution >= 0.6 is 11.3 Å². The van der Waals surface area contributed by atoms with Crippen molar-refractivity contribution in [1.82, 2.24) is 19.7 Å². The van der Waals surface area contributed by atoms with Crippen molar-refractivity contribution in [3.8, 4) is 16.2 Å². The third-order valence-electron chi connectivity index (χ3n) is 4.87. The van der Waals surface area contributed by atoms with Crippen molar-refractivity contribution in [1.29, 1.82) is 0 Å². The van der Waals surface area contributed by atoms with Crippen molar-refractivity contribution >= 4 is 45.8 Å². The Balaban J connectivity index is 1.51. The molecular weight excluding hydrogens is 432 g/mol. The van der Waals surface area contributed by atoms with Crippen LogP contribution in [-0.2, 0) is 11.3 Å². The molecule has 0 saturated heterocycles. The summed E-state index contributed by atoms with van der Waals surface area (Å²) in [5.74, 6) is 0.243. The lowest BCUT2D eigenvalue weighted by Crippen LogP contribution is -2.28. The zero-order valence-electron chi connectivity index (χ0n) is 17.3. The van der Waals surface area contributed by atoms with Gasteiger partial charge in [-0.2, -0.15) is 5.10 Å². The van der Waals surface area contributed by atoms with Crippen molar-refractivity contribution in [3.63, 3.8) is 0 Å². The highest BCUT2D eigenvalue weighted by atomic mass is 32.1. The van der Waals surface area contributed by atoms with Gasteiger partial charge in [-0.15, -0.1) is 11.3 Å². The summed E-state index contributed by atoms with van der Waals surface area (Å²) in [6.07, 6.45) is 3.46. The SMILES string of the molecule is CC(C)(O)Cn1c(NC(=O)c2ccc(-c3cn[nH]c3)s2)nc2cc3c(cc21)OCC(=O)N3. The fraction of sp³-hybridized carbons (Fsp3) is 0.238. The average molecular weight is 452 g/mol. The Morgan fingerprint density at radius 2 is 2.22 bits per heavy atom. The molecule has 32 heavy (non-hydrogen) atoms. The topological polar surface area (TPSA) is 134 Å². The van der Waals surface area contributed by atoms with Crippen molar-refractivity contribution in [3.05, 3.63) is 41.5 Å². The van der Waals surface area contributed by atoms with Crippen LogP contribution in [0.4, 0.5) is 11.6 Å². The first-order chi connectivity index (χ1) is 15.3. The predicted molar refractivity (Wildman–Crippen MR) is 120 cm³/mol. The minimum absolute atomic E-state index is 0.0703. The van der Waals surface area contributed by atoms with Crippen molar-refractivity contribution in [2.24, 2.45) is 0 Å². The van der Waals surface area contributed by atoms with Crippen LogP contribution in [0.15, 0.2) is 36.7 Å². The second-order valence-corrected chi connectivity index (χ2v) is 9.20. The number of amides is 2. The summed E-state index contributed by atoms with van der Waals surface area (Å²) in [6, 6.07) is 7.05. The molecule has 0 bridgehead atoms. The van der Waals surface area contributed by atoms with Crippen molar-refractivity contribution in [2.75, 3.05) is 17.2 Å². The number of fused-ring (bicyclic) bond motifs is 2. The van der Waals surface area contributed by atoms with Crippen LogP contribution in [0, 0.1) is 0 Å². The van der Waals surface area contributed by atoms with Gasteiger partial charge in [-0.25, -0.2) is 4.98 Å². The lowest BCUT2D eigenvalue weighted by molar-refractivity contribution is -0.118. The number of imidazole rings is 1. The maximum atomic E-state index is 13.0. The second-order valence-electron chi connectivity index (χ2n) is 8.11. The lowest BCUT2D eigenvalue weighted by Gasteiger charge is -2.21. The highest BCUT2D eigenvalue weighted by Crippen LogP contribution is 2.35. The van der Waals surface area contributed by atoms with Gasteiger partial charge in [0.2, 0.25) is 5.95 Å². The molecule has 10 nitrogen and oxygen atoms in total. The molecule has 5 rings (SSSR count). The van der Waals surface area contributed by atoms with Crippen LogP contribution < -0.4 is 15.4 Å². The Bertz CT molecular complexity index is 1330. The van der Waals surface area contributed by atoms with Gasteiger partial charge >= 0.3 is 0 Å². The predicted octanol–water partition coefficient (Wildman–Crippen LogP) is 2.84. The van der Waals surface area contributed by atoms with E-state index in [1.165, 1.54) is 11.3 Å². The standard InChI is InChI=1S/C21H20N6O4S/c1-21(2,30)10-27-14-6-15-13(24-18(28)9-31-15)5-12(14)25-20(27)26-19(29)17-4-3-16(32-17)11-7-22-23-8-11/h3-8,30H,9-10H2,1-2H3,(H,22,23)(H,24,28)(H,25,26,29). The number of rotatable bonds is 5. The van der Waals surface area contributed by atoms with E-state index in [9.17, 15) is 14.7 Å². The highest BCUT2D eigenvalue weighted by molar-refractivity contribution is 7.17. The number of aliphatic hydroxyl groups is 1. The van der Waals surface area contributed by atoms with E-state index in [1.54, 1.807) is 49.0 Å². The fourth-order valence-corrected chi connectivity index (χ4v) is 4.39. The number of carbonyl (C=O) groups excluding carboxylic acids is 2. The quantitative estimate of drug-likeness (QED) is 0.368. The number of nitrogens with zero attached hydrogens (tertiary/aromatic N) is 3. The molecule has 0 radical (unpaired) electrons. The maximum Gasteiger partial charge on any atom is 0.268 e. The molecule has 4 heterocycles. The number of nitrogens with one attached hydrogen (secondary N) is 3. The maximum absolute atomic E-state index is 13.0. The number of H-pyrrole nitrogens is 1. The largest absolute Gasteiger partial charge is 0.482 e. The zero-order chi connectivity index (χ0) is 22.5. The number of aromatic nitrogens is 4. The Morgan fingerprint density at radius 3 is 2.97 bits per heavy atom. The summed E-state index contributed by atoms with van der Waals surface area (Å²) in [5, 5.41) is 22.8. The molecule has 2 amide bonds. The smallest absolute Gasteiger partial charge is 0.268 e. The second kappa shape index (κ2) is 7.46. The molecular formula is C21H20N6O4S. The van der Waals surface area contributed by atoms with Gasteiger partial charge in [-0.3, -0.25) is 20.0 Å². The molecule has 3 aromatic heterocycles. The number of hydrogen-bond donors (Lipinski definition) is 4. The molecule has 4 aromatic rings. The summed E-state index contributed by atoms with van der Waals surface area (Å²) < 4.78 is 7.25. The molecule has 1 aromatic carbocycles. The number of aromatic amines is 1. The van der Waals surface area contributed by atoms with Gasteiger partial charge in [0.15, 0.2) is 6.61 Å². The van der Waals surface area contributed by atoms with Crippen LogP contribution in [0.3, 0.4) is 0 Å². The van der Waals surface area contributed by atoms with E-state index in [0.29, 0.717) is 33.3 Å². The summed E-state index contributed by atoms with van der Waals surface area (Å²) in [4.78, 5) is 30.6. The van der Waals surface area contributed by atoms with E-state index < -0.39 is 5.60 Å². The number of ether oxygens (including phenoxy) is 1. The summed E-state index contributed by atoms with van der Waals surface area (Å²) in [7, 11) is 0. The van der Waals surface area contributed by atoms with Crippen LogP contribution in [-0.4, -0.2) is 48.9 Å². The van der Waals surface area contributed by atoms with Gasteiger partial charge in [-0.1, -0.05) is 0 Å². The molecule has 0 unspecified atom stereocenters. The Kier molecular flexibility index (Phi) is 4.72. The summed E-state index contributed by atoms with van der Waals surface area (Å²) in [5.41, 5.74) is 1.58. The monoisotopic (exact) mass is 452 g/mol. The average Bonchev–Trinajstić information content (AvgIpc) is 3.46. The minimum atomic E-state index is -1.06. The Hall–Kier alpha value is -3.70. The molecule has 0 aliphatic carbocycles. The highest BCUT2D eigenvalue weighted by Gasteiger charge is 2.24. The van der Waals surface area contributed by atoms with E-state index in [-0.39, 0.29) is 25.0 Å². The summed E-state index contributed by atoms with van der Waals surface area (Å²) >= 11 is 1.34. The molecule has 164 valence electrons. The Morgan fingerprint density at radius 1 is 1.38 bits per heavy atom. The zero-order valence-corrected chi connectivity index (χ0v) is 18.1. The van der Waals surface area contributed by atoms with Crippen molar-refractivity contribution in [2.45, 2.75) is 26.0 Å². The third-order valence-corrected chi connectivity index (χ3v) is 6.00. The number of hydrogen-bond acceptors (Lipinski definition) is 7. The molecule has 0 saturated carbocycles. The normalized spacial score (nSPS) is 13.5. The number of anilines is 2. The third kappa shape index (κ3) is 3.83. The van der Waals surface area contributed by atoms with E-state index >= 15 is 0 Å². The Labute approximate surface area is 186 Å². The first-order valence-corrected chi connectivity index (χ1v) is 10.7. The molecule has 4 N–H and O–H groups in total. The number of carbonyl (C=O) groups is 2. The first-order valence-electron chi connectivity index (χ1n) is 9.86. The molecule has 11 heteroatoms. The number of thiophene rings is 1. The molecule has 1 aliphatic heterocycles. The lowest BCUT2D eigenvalue weighted by atomic mass is 10.1. The summed E-state index contributed by atoms with van der Waals surface area (Å²) in [6.45, 7) is 3.47. The van der Waals surface area contributed by atoms with Gasteiger partial charge < -0.3 is 19.7 Å².